The van der Waals surface area contributed by atoms with Crippen LogP contribution in [-0.4, -0.2) is 26.4 Å². The first-order chi connectivity index (χ1) is 8.63. The molecule has 1 rings (SSSR count). The lowest BCUT2D eigenvalue weighted by atomic mass is 9.99. The third kappa shape index (κ3) is 3.72. The fourth-order valence-corrected chi connectivity index (χ4v) is 2.20. The molecule has 0 saturated carbocycles. The lowest BCUT2D eigenvalue weighted by Crippen LogP contribution is -2.32. The lowest BCUT2D eigenvalue weighted by molar-refractivity contribution is 0.0470. The Hall–Kier alpha value is -1.06. The van der Waals surface area contributed by atoms with Crippen LogP contribution < -0.4 is 10.1 Å². The summed E-state index contributed by atoms with van der Waals surface area (Å²) in [7, 11) is 1.71. The highest BCUT2D eigenvalue weighted by atomic mass is 16.5. The Morgan fingerprint density at radius 1 is 1.28 bits per heavy atom. The maximum atomic E-state index is 5.73. The standard InChI is InChI=1S/C15H25NO2/c1-6-16-15(12(4)18-7-2)13-10-11(3)8-9-14(13)17-5/h8-10,12,15-16H,6-7H2,1-5H3. The molecule has 0 radical (unpaired) electrons. The molecular weight excluding hydrogens is 226 g/mol. The summed E-state index contributed by atoms with van der Waals surface area (Å²) in [6.07, 6.45) is 0.116. The molecule has 0 aromatic heterocycles. The number of aryl methyl sites for hydroxylation is 1. The molecule has 0 aliphatic carbocycles. The third-order valence-corrected chi connectivity index (χ3v) is 3.04. The zero-order valence-corrected chi connectivity index (χ0v) is 12.1. The van der Waals surface area contributed by atoms with Gasteiger partial charge in [0.15, 0.2) is 0 Å². The second kappa shape index (κ2) is 7.39. The number of likely N-dealkylation sites (N-methyl/N-ethyl adjacent to an activating group) is 1. The van der Waals surface area contributed by atoms with Gasteiger partial charge in [-0.05, 0) is 33.4 Å². The average Bonchev–Trinajstić information content (AvgIpc) is 2.36. The molecule has 3 heteroatoms. The summed E-state index contributed by atoms with van der Waals surface area (Å²) in [6.45, 7) is 9.94. The number of rotatable bonds is 7. The molecule has 2 atom stereocenters. The number of nitrogens with one attached hydrogen (secondary N) is 1. The highest BCUT2D eigenvalue weighted by Gasteiger charge is 2.22. The van der Waals surface area contributed by atoms with E-state index in [9.17, 15) is 0 Å². The van der Waals surface area contributed by atoms with Crippen molar-refractivity contribution in [2.75, 3.05) is 20.3 Å². The summed E-state index contributed by atoms with van der Waals surface area (Å²) >= 11 is 0. The molecule has 2 unspecified atom stereocenters. The summed E-state index contributed by atoms with van der Waals surface area (Å²) in [5, 5.41) is 3.48. The highest BCUT2D eigenvalue weighted by molar-refractivity contribution is 5.39. The van der Waals surface area contributed by atoms with Crippen molar-refractivity contribution in [1.82, 2.24) is 5.32 Å². The minimum absolute atomic E-state index is 0.116. The third-order valence-electron chi connectivity index (χ3n) is 3.04. The van der Waals surface area contributed by atoms with E-state index in [1.54, 1.807) is 7.11 Å². The van der Waals surface area contributed by atoms with Crippen molar-refractivity contribution in [2.24, 2.45) is 0 Å². The largest absolute Gasteiger partial charge is 0.496 e. The van der Waals surface area contributed by atoms with Crippen molar-refractivity contribution in [2.45, 2.75) is 39.8 Å². The Kier molecular flexibility index (Phi) is 6.16. The Morgan fingerprint density at radius 2 is 2.00 bits per heavy atom. The number of ether oxygens (including phenoxy) is 2. The summed E-state index contributed by atoms with van der Waals surface area (Å²) in [6, 6.07) is 6.41. The van der Waals surface area contributed by atoms with Gasteiger partial charge in [0.25, 0.3) is 0 Å². The van der Waals surface area contributed by atoms with Gasteiger partial charge in [-0.15, -0.1) is 0 Å². The van der Waals surface area contributed by atoms with Crippen LogP contribution in [0.5, 0.6) is 5.75 Å². The van der Waals surface area contributed by atoms with Gasteiger partial charge in [-0.2, -0.15) is 0 Å². The molecule has 0 amide bonds. The quantitative estimate of drug-likeness (QED) is 0.808. The smallest absolute Gasteiger partial charge is 0.123 e. The van der Waals surface area contributed by atoms with E-state index in [0.29, 0.717) is 0 Å². The average molecular weight is 251 g/mol. The van der Waals surface area contributed by atoms with Crippen molar-refractivity contribution in [1.29, 1.82) is 0 Å². The number of hydrogen-bond donors (Lipinski definition) is 1. The first kappa shape index (κ1) is 15.0. The Balaban J connectivity index is 3.06. The fraction of sp³-hybridized carbons (Fsp3) is 0.600. The minimum Gasteiger partial charge on any atom is -0.496 e. The second-order valence-corrected chi connectivity index (χ2v) is 4.44. The van der Waals surface area contributed by atoms with Crippen LogP contribution in [-0.2, 0) is 4.74 Å². The van der Waals surface area contributed by atoms with Gasteiger partial charge in [0.2, 0.25) is 0 Å². The predicted molar refractivity (Wildman–Crippen MR) is 75.2 cm³/mol. The predicted octanol–water partition coefficient (Wildman–Crippen LogP) is 3.08. The van der Waals surface area contributed by atoms with Crippen LogP contribution in [0.15, 0.2) is 18.2 Å². The normalized spacial score (nSPS) is 14.3. The number of benzene rings is 1. The van der Waals surface area contributed by atoms with Crippen LogP contribution in [0.2, 0.25) is 0 Å². The Morgan fingerprint density at radius 3 is 2.56 bits per heavy atom. The van der Waals surface area contributed by atoms with E-state index < -0.39 is 0 Å². The first-order valence-electron chi connectivity index (χ1n) is 6.63. The van der Waals surface area contributed by atoms with Gasteiger partial charge in [-0.25, -0.2) is 0 Å². The molecular formula is C15H25NO2. The van der Waals surface area contributed by atoms with E-state index in [0.717, 1.165) is 18.9 Å². The zero-order chi connectivity index (χ0) is 13.5. The van der Waals surface area contributed by atoms with E-state index >= 15 is 0 Å². The lowest BCUT2D eigenvalue weighted by Gasteiger charge is -2.26. The van der Waals surface area contributed by atoms with Crippen molar-refractivity contribution in [3.63, 3.8) is 0 Å². The van der Waals surface area contributed by atoms with E-state index in [4.69, 9.17) is 9.47 Å². The molecule has 0 saturated heterocycles. The van der Waals surface area contributed by atoms with Crippen LogP contribution in [0.3, 0.4) is 0 Å². The van der Waals surface area contributed by atoms with Gasteiger partial charge in [-0.3, -0.25) is 0 Å². The van der Waals surface area contributed by atoms with E-state index in [-0.39, 0.29) is 12.1 Å². The van der Waals surface area contributed by atoms with E-state index in [1.807, 2.05) is 13.0 Å². The summed E-state index contributed by atoms with van der Waals surface area (Å²) in [4.78, 5) is 0. The van der Waals surface area contributed by atoms with Crippen LogP contribution in [0.1, 0.15) is 37.9 Å². The number of hydrogen-bond acceptors (Lipinski definition) is 3. The molecule has 0 aliphatic heterocycles. The van der Waals surface area contributed by atoms with Gasteiger partial charge in [0.05, 0.1) is 19.3 Å². The maximum Gasteiger partial charge on any atom is 0.123 e. The maximum absolute atomic E-state index is 5.73. The Labute approximate surface area is 110 Å². The highest BCUT2D eigenvalue weighted by Crippen LogP contribution is 2.29. The summed E-state index contributed by atoms with van der Waals surface area (Å²) < 4.78 is 11.2. The molecule has 1 aromatic carbocycles. The van der Waals surface area contributed by atoms with Gasteiger partial charge >= 0.3 is 0 Å². The molecule has 1 N–H and O–H groups in total. The molecule has 18 heavy (non-hydrogen) atoms. The molecule has 0 heterocycles. The van der Waals surface area contributed by atoms with Gasteiger partial charge in [0, 0.05) is 12.2 Å². The van der Waals surface area contributed by atoms with Crippen LogP contribution in [0.25, 0.3) is 0 Å². The summed E-state index contributed by atoms with van der Waals surface area (Å²) in [5.74, 6) is 0.915. The van der Waals surface area contributed by atoms with Crippen molar-refractivity contribution in [3.05, 3.63) is 29.3 Å². The zero-order valence-electron chi connectivity index (χ0n) is 12.1. The van der Waals surface area contributed by atoms with E-state index in [2.05, 4.69) is 38.2 Å². The van der Waals surface area contributed by atoms with Gasteiger partial charge in [-0.1, -0.05) is 24.6 Å². The monoisotopic (exact) mass is 251 g/mol. The molecule has 3 nitrogen and oxygen atoms in total. The SMILES string of the molecule is CCNC(c1cc(C)ccc1OC)C(C)OCC. The van der Waals surface area contributed by atoms with Crippen molar-refractivity contribution < 1.29 is 9.47 Å². The van der Waals surface area contributed by atoms with Gasteiger partial charge < -0.3 is 14.8 Å². The van der Waals surface area contributed by atoms with Crippen molar-refractivity contribution in [3.8, 4) is 5.75 Å². The fourth-order valence-electron chi connectivity index (χ4n) is 2.20. The molecule has 0 bridgehead atoms. The second-order valence-electron chi connectivity index (χ2n) is 4.44. The van der Waals surface area contributed by atoms with Crippen LogP contribution >= 0.6 is 0 Å². The topological polar surface area (TPSA) is 30.5 Å². The molecule has 0 aliphatic rings. The van der Waals surface area contributed by atoms with Crippen molar-refractivity contribution >= 4 is 0 Å². The molecule has 102 valence electrons. The number of methoxy groups -OCH3 is 1. The molecule has 0 fully saturated rings. The Bertz CT molecular complexity index is 366. The van der Waals surface area contributed by atoms with Gasteiger partial charge in [0.1, 0.15) is 5.75 Å². The first-order valence-corrected chi connectivity index (χ1v) is 6.63. The van der Waals surface area contributed by atoms with Crippen LogP contribution in [0.4, 0.5) is 0 Å². The molecule has 0 spiro atoms. The molecule has 1 aromatic rings. The summed E-state index contributed by atoms with van der Waals surface area (Å²) in [5.41, 5.74) is 2.40. The minimum atomic E-state index is 0.116. The van der Waals surface area contributed by atoms with E-state index in [1.165, 1.54) is 11.1 Å². The van der Waals surface area contributed by atoms with Crippen LogP contribution in [0, 0.1) is 6.92 Å².